The van der Waals surface area contributed by atoms with Gasteiger partial charge in [0, 0.05) is 26.3 Å². The number of rotatable bonds is 6. The van der Waals surface area contributed by atoms with Gasteiger partial charge in [-0.3, -0.25) is 4.79 Å². The van der Waals surface area contributed by atoms with Crippen LogP contribution in [-0.4, -0.2) is 46.4 Å². The van der Waals surface area contributed by atoms with E-state index < -0.39 is 10.0 Å². The Kier molecular flexibility index (Phi) is 5.31. The zero-order valence-electron chi connectivity index (χ0n) is 11.2. The maximum absolute atomic E-state index is 11.8. The van der Waals surface area contributed by atoms with E-state index in [0.29, 0.717) is 6.54 Å². The Morgan fingerprint density at radius 3 is 2.32 bits per heavy atom. The van der Waals surface area contributed by atoms with Gasteiger partial charge in [0.25, 0.3) is 0 Å². The molecule has 0 bridgehead atoms. The molecule has 1 aromatic rings. The standard InChI is InChI=1S/C12H18N2O4S/c1-14(2)19(16,17)11-6-4-10(5-7-11)13-9-8-12(15)18-3/h4-7,13H,8-9H2,1-3H3. The van der Waals surface area contributed by atoms with Crippen molar-refractivity contribution in [2.24, 2.45) is 0 Å². The van der Waals surface area contributed by atoms with Gasteiger partial charge in [-0.25, -0.2) is 12.7 Å². The van der Waals surface area contributed by atoms with Gasteiger partial charge in [-0.2, -0.15) is 0 Å². The number of sulfonamides is 1. The van der Waals surface area contributed by atoms with E-state index >= 15 is 0 Å². The number of benzene rings is 1. The zero-order chi connectivity index (χ0) is 14.5. The van der Waals surface area contributed by atoms with Gasteiger partial charge >= 0.3 is 5.97 Å². The minimum Gasteiger partial charge on any atom is -0.469 e. The summed E-state index contributed by atoms with van der Waals surface area (Å²) >= 11 is 0. The Morgan fingerprint density at radius 2 is 1.84 bits per heavy atom. The number of methoxy groups -OCH3 is 1. The van der Waals surface area contributed by atoms with E-state index in [4.69, 9.17) is 0 Å². The fourth-order valence-electron chi connectivity index (χ4n) is 1.37. The van der Waals surface area contributed by atoms with Crippen molar-refractivity contribution in [3.05, 3.63) is 24.3 Å². The molecule has 0 aliphatic rings. The van der Waals surface area contributed by atoms with Crippen LogP contribution in [0.2, 0.25) is 0 Å². The second-order valence-corrected chi connectivity index (χ2v) is 6.22. The van der Waals surface area contributed by atoms with Crippen molar-refractivity contribution in [1.82, 2.24) is 4.31 Å². The van der Waals surface area contributed by atoms with Crippen molar-refractivity contribution in [2.75, 3.05) is 33.1 Å². The molecule has 106 valence electrons. The molecule has 19 heavy (non-hydrogen) atoms. The van der Waals surface area contributed by atoms with Crippen LogP contribution in [0.4, 0.5) is 5.69 Å². The third-order valence-electron chi connectivity index (χ3n) is 2.52. The van der Waals surface area contributed by atoms with Crippen molar-refractivity contribution >= 4 is 21.7 Å². The number of nitrogens with zero attached hydrogens (tertiary/aromatic N) is 1. The summed E-state index contributed by atoms with van der Waals surface area (Å²) < 4.78 is 29.3. The van der Waals surface area contributed by atoms with Crippen LogP contribution in [0.25, 0.3) is 0 Å². The molecule has 0 aliphatic carbocycles. The molecule has 1 aromatic carbocycles. The van der Waals surface area contributed by atoms with Gasteiger partial charge in [-0.05, 0) is 24.3 Å². The van der Waals surface area contributed by atoms with E-state index in [1.807, 2.05) is 0 Å². The maximum Gasteiger partial charge on any atom is 0.307 e. The quantitative estimate of drug-likeness (QED) is 0.787. The van der Waals surface area contributed by atoms with Crippen molar-refractivity contribution in [3.63, 3.8) is 0 Å². The Morgan fingerprint density at radius 1 is 1.26 bits per heavy atom. The largest absolute Gasteiger partial charge is 0.469 e. The van der Waals surface area contributed by atoms with Gasteiger partial charge in [0.1, 0.15) is 0 Å². The van der Waals surface area contributed by atoms with Gasteiger partial charge in [0.05, 0.1) is 18.4 Å². The first kappa shape index (κ1) is 15.5. The lowest BCUT2D eigenvalue weighted by Gasteiger charge is -2.12. The first-order valence-electron chi connectivity index (χ1n) is 5.71. The minimum atomic E-state index is -3.40. The summed E-state index contributed by atoms with van der Waals surface area (Å²) in [5.74, 6) is -0.292. The number of hydrogen-bond acceptors (Lipinski definition) is 5. The minimum absolute atomic E-state index is 0.232. The molecule has 0 saturated carbocycles. The second kappa shape index (κ2) is 6.53. The topological polar surface area (TPSA) is 75.7 Å². The van der Waals surface area contributed by atoms with Gasteiger partial charge in [0.15, 0.2) is 0 Å². The number of carbonyl (C=O) groups excluding carboxylic acids is 1. The molecule has 1 rings (SSSR count). The number of hydrogen-bond donors (Lipinski definition) is 1. The molecule has 0 aromatic heterocycles. The van der Waals surface area contributed by atoms with Crippen LogP contribution in [0.1, 0.15) is 6.42 Å². The lowest BCUT2D eigenvalue weighted by Crippen LogP contribution is -2.22. The number of anilines is 1. The Balaban J connectivity index is 2.65. The van der Waals surface area contributed by atoms with Crippen molar-refractivity contribution in [2.45, 2.75) is 11.3 Å². The molecule has 1 N–H and O–H groups in total. The number of carbonyl (C=O) groups is 1. The van der Waals surface area contributed by atoms with Gasteiger partial charge in [0.2, 0.25) is 10.0 Å². The fourth-order valence-corrected chi connectivity index (χ4v) is 2.27. The molecular weight excluding hydrogens is 268 g/mol. The van der Waals surface area contributed by atoms with Crippen LogP contribution < -0.4 is 5.32 Å². The van der Waals surface area contributed by atoms with Crippen molar-refractivity contribution in [1.29, 1.82) is 0 Å². The predicted molar refractivity (Wildman–Crippen MR) is 72.4 cm³/mol. The first-order valence-corrected chi connectivity index (χ1v) is 7.15. The number of esters is 1. The third kappa shape index (κ3) is 4.22. The normalized spacial score (nSPS) is 11.4. The molecule has 0 saturated heterocycles. The van der Waals surface area contributed by atoms with Crippen molar-refractivity contribution < 1.29 is 17.9 Å². The maximum atomic E-state index is 11.8. The second-order valence-electron chi connectivity index (χ2n) is 4.06. The monoisotopic (exact) mass is 286 g/mol. The zero-order valence-corrected chi connectivity index (χ0v) is 12.0. The van der Waals surface area contributed by atoms with Crippen molar-refractivity contribution in [3.8, 4) is 0 Å². The summed E-state index contributed by atoms with van der Waals surface area (Å²) in [6, 6.07) is 6.37. The smallest absolute Gasteiger partial charge is 0.307 e. The van der Waals surface area contributed by atoms with Gasteiger partial charge in [-0.15, -0.1) is 0 Å². The fraction of sp³-hybridized carbons (Fsp3) is 0.417. The van der Waals surface area contributed by atoms with Crippen LogP contribution in [0, 0.1) is 0 Å². The summed E-state index contributed by atoms with van der Waals surface area (Å²) in [5, 5.41) is 3.01. The molecule has 0 heterocycles. The van der Waals surface area contributed by atoms with Gasteiger partial charge < -0.3 is 10.1 Å². The Labute approximate surface area is 113 Å². The molecular formula is C12H18N2O4S. The average Bonchev–Trinajstić information content (AvgIpc) is 2.39. The molecule has 0 atom stereocenters. The highest BCUT2D eigenvalue weighted by molar-refractivity contribution is 7.89. The highest BCUT2D eigenvalue weighted by Crippen LogP contribution is 2.16. The van der Waals surface area contributed by atoms with E-state index in [0.717, 1.165) is 9.99 Å². The molecule has 0 aliphatic heterocycles. The number of ether oxygens (including phenoxy) is 1. The molecule has 0 fully saturated rings. The lowest BCUT2D eigenvalue weighted by molar-refractivity contribution is -0.140. The average molecular weight is 286 g/mol. The molecule has 0 unspecified atom stereocenters. The summed E-state index contributed by atoms with van der Waals surface area (Å²) in [6.45, 7) is 0.437. The lowest BCUT2D eigenvalue weighted by atomic mass is 10.3. The van der Waals surface area contributed by atoms with E-state index in [-0.39, 0.29) is 17.3 Å². The summed E-state index contributed by atoms with van der Waals surface area (Å²) in [6.07, 6.45) is 0.258. The SMILES string of the molecule is COC(=O)CCNc1ccc(S(=O)(=O)N(C)C)cc1. The van der Waals surface area contributed by atoms with Gasteiger partial charge in [-0.1, -0.05) is 0 Å². The summed E-state index contributed by atoms with van der Waals surface area (Å²) in [7, 11) is 0.904. The third-order valence-corrected chi connectivity index (χ3v) is 4.35. The molecule has 0 radical (unpaired) electrons. The van der Waals surface area contributed by atoms with Crippen LogP contribution in [-0.2, 0) is 19.6 Å². The summed E-state index contributed by atoms with van der Waals surface area (Å²) in [5.41, 5.74) is 0.751. The van der Waals surface area contributed by atoms with E-state index in [9.17, 15) is 13.2 Å². The van der Waals surface area contributed by atoms with Crippen LogP contribution in [0.5, 0.6) is 0 Å². The Hall–Kier alpha value is -1.60. The highest BCUT2D eigenvalue weighted by Gasteiger charge is 2.16. The van der Waals surface area contributed by atoms with E-state index in [1.54, 1.807) is 12.1 Å². The Bertz CT molecular complexity index is 523. The van der Waals surface area contributed by atoms with Crippen LogP contribution >= 0.6 is 0 Å². The number of nitrogens with one attached hydrogen (secondary N) is 1. The van der Waals surface area contributed by atoms with E-state index in [1.165, 1.54) is 33.3 Å². The van der Waals surface area contributed by atoms with Crippen LogP contribution in [0.15, 0.2) is 29.2 Å². The summed E-state index contributed by atoms with van der Waals surface area (Å²) in [4.78, 5) is 11.1. The van der Waals surface area contributed by atoms with Crippen LogP contribution in [0.3, 0.4) is 0 Å². The molecule has 0 spiro atoms. The van der Waals surface area contributed by atoms with E-state index in [2.05, 4.69) is 10.1 Å². The molecule has 7 heteroatoms. The first-order chi connectivity index (χ1) is 8.87. The highest BCUT2D eigenvalue weighted by atomic mass is 32.2. The molecule has 6 nitrogen and oxygen atoms in total. The predicted octanol–water partition coefficient (Wildman–Crippen LogP) is 0.912. The molecule has 0 amide bonds.